The summed E-state index contributed by atoms with van der Waals surface area (Å²) in [5, 5.41) is 3.26. The quantitative estimate of drug-likeness (QED) is 0.545. The number of halogens is 6. The zero-order valence-corrected chi connectivity index (χ0v) is 16.1. The number of rotatable bonds is 3. The van der Waals surface area contributed by atoms with E-state index in [0.29, 0.717) is 18.7 Å². The highest BCUT2D eigenvalue weighted by molar-refractivity contribution is 5.86. The summed E-state index contributed by atoms with van der Waals surface area (Å²) >= 11 is 0. The zero-order chi connectivity index (χ0) is 22.2. The molecule has 0 radical (unpaired) electrons. The molecule has 0 spiro atoms. The third-order valence-corrected chi connectivity index (χ3v) is 5.19. The van der Waals surface area contributed by atoms with E-state index in [1.165, 1.54) is 12.1 Å². The van der Waals surface area contributed by atoms with Crippen molar-refractivity contribution in [2.75, 3.05) is 19.7 Å². The predicted molar refractivity (Wildman–Crippen MR) is 103 cm³/mol. The van der Waals surface area contributed by atoms with Crippen molar-refractivity contribution in [1.29, 1.82) is 0 Å². The van der Waals surface area contributed by atoms with E-state index >= 15 is 0 Å². The van der Waals surface area contributed by atoms with E-state index in [1.807, 2.05) is 12.1 Å². The number of aromatic nitrogens is 1. The minimum absolute atomic E-state index is 0.0352. The second-order valence-corrected chi connectivity index (χ2v) is 7.35. The summed E-state index contributed by atoms with van der Waals surface area (Å²) in [5.74, 6) is 0. The highest BCUT2D eigenvalue weighted by Crippen LogP contribution is 2.38. The van der Waals surface area contributed by atoms with Crippen molar-refractivity contribution in [1.82, 2.24) is 10.3 Å². The number of pyridine rings is 1. The van der Waals surface area contributed by atoms with Crippen LogP contribution in [0.4, 0.5) is 26.3 Å². The topological polar surface area (TPSA) is 34.1 Å². The molecular formula is C22H18F6N2O. The number of para-hydroxylation sites is 1. The van der Waals surface area contributed by atoms with Crippen LogP contribution in [0.15, 0.2) is 48.5 Å². The van der Waals surface area contributed by atoms with Crippen LogP contribution in [0.3, 0.4) is 0 Å². The lowest BCUT2D eigenvalue weighted by molar-refractivity contribution is -0.142. The van der Waals surface area contributed by atoms with Crippen LogP contribution in [0.5, 0.6) is 0 Å². The lowest BCUT2D eigenvalue weighted by atomic mass is 9.96. The average molecular weight is 440 g/mol. The van der Waals surface area contributed by atoms with Gasteiger partial charge in [0.1, 0.15) is 5.69 Å². The maximum absolute atomic E-state index is 13.4. The van der Waals surface area contributed by atoms with Gasteiger partial charge in [-0.3, -0.25) is 0 Å². The number of morpholine rings is 1. The fourth-order valence-corrected chi connectivity index (χ4v) is 3.69. The molecule has 1 aliphatic rings. The maximum atomic E-state index is 13.4. The van der Waals surface area contributed by atoms with Crippen LogP contribution < -0.4 is 5.32 Å². The van der Waals surface area contributed by atoms with Gasteiger partial charge in [-0.15, -0.1) is 0 Å². The number of nitrogens with one attached hydrogen (secondary N) is 1. The second-order valence-electron chi connectivity index (χ2n) is 7.35. The van der Waals surface area contributed by atoms with Gasteiger partial charge in [-0.25, -0.2) is 4.98 Å². The number of nitrogens with zero attached hydrogens (tertiary/aromatic N) is 1. The highest BCUT2D eigenvalue weighted by atomic mass is 19.4. The molecule has 31 heavy (non-hydrogen) atoms. The summed E-state index contributed by atoms with van der Waals surface area (Å²) in [7, 11) is 0. The van der Waals surface area contributed by atoms with Crippen molar-refractivity contribution in [3.63, 3.8) is 0 Å². The Balaban J connectivity index is 1.74. The van der Waals surface area contributed by atoms with E-state index in [0.717, 1.165) is 24.2 Å². The molecule has 2 heterocycles. The maximum Gasteiger partial charge on any atom is 0.433 e. The molecule has 3 aromatic rings. The summed E-state index contributed by atoms with van der Waals surface area (Å²) in [6.07, 6.45) is -9.76. The lowest BCUT2D eigenvalue weighted by Crippen LogP contribution is -2.33. The van der Waals surface area contributed by atoms with E-state index in [4.69, 9.17) is 4.74 Å². The van der Waals surface area contributed by atoms with E-state index < -0.39 is 29.1 Å². The molecule has 1 saturated heterocycles. The first kappa shape index (κ1) is 21.6. The molecule has 0 unspecified atom stereocenters. The number of fused-ring (bicyclic) bond motifs is 1. The largest absolute Gasteiger partial charge is 0.433 e. The van der Waals surface area contributed by atoms with Crippen LogP contribution in [-0.2, 0) is 23.5 Å². The Hall–Kier alpha value is -2.65. The number of hydrogen-bond donors (Lipinski definition) is 1. The molecular weight excluding hydrogens is 422 g/mol. The molecule has 1 aliphatic heterocycles. The first-order chi connectivity index (χ1) is 14.6. The van der Waals surface area contributed by atoms with Gasteiger partial charge >= 0.3 is 12.4 Å². The summed E-state index contributed by atoms with van der Waals surface area (Å²) in [6, 6.07) is 11.3. The molecule has 0 amide bonds. The van der Waals surface area contributed by atoms with Gasteiger partial charge in [-0.05, 0) is 35.2 Å². The molecule has 1 aromatic heterocycles. The molecule has 0 aliphatic carbocycles. The number of benzene rings is 2. The molecule has 3 nitrogen and oxygen atoms in total. The molecule has 1 atom stereocenters. The predicted octanol–water partition coefficient (Wildman–Crippen LogP) is 5.52. The lowest BCUT2D eigenvalue weighted by Gasteiger charge is -2.24. The molecule has 9 heteroatoms. The summed E-state index contributed by atoms with van der Waals surface area (Å²) in [5.41, 5.74) is -1.50. The number of ether oxygens (including phenoxy) is 1. The van der Waals surface area contributed by atoms with Gasteiger partial charge in [0.15, 0.2) is 0 Å². The van der Waals surface area contributed by atoms with Crippen LogP contribution in [0.2, 0.25) is 0 Å². The van der Waals surface area contributed by atoms with Gasteiger partial charge in [0.05, 0.1) is 23.8 Å². The summed E-state index contributed by atoms with van der Waals surface area (Å²) in [6.45, 7) is 2.01. The molecule has 0 bridgehead atoms. The zero-order valence-electron chi connectivity index (χ0n) is 16.1. The molecule has 4 rings (SSSR count). The first-order valence-electron chi connectivity index (χ1n) is 9.61. The van der Waals surface area contributed by atoms with Gasteiger partial charge in [-0.2, -0.15) is 26.3 Å². The van der Waals surface area contributed by atoms with Gasteiger partial charge in [-0.1, -0.05) is 36.4 Å². The summed E-state index contributed by atoms with van der Waals surface area (Å²) < 4.78 is 85.9. The minimum Gasteiger partial charge on any atom is -0.371 e. The van der Waals surface area contributed by atoms with E-state index in [2.05, 4.69) is 10.3 Å². The Morgan fingerprint density at radius 1 is 0.968 bits per heavy atom. The van der Waals surface area contributed by atoms with Crippen molar-refractivity contribution < 1.29 is 31.1 Å². The van der Waals surface area contributed by atoms with Crippen molar-refractivity contribution in [2.24, 2.45) is 0 Å². The van der Waals surface area contributed by atoms with Crippen LogP contribution in [0.1, 0.15) is 34.1 Å². The standard InChI is InChI=1S/C22H18F6N2O/c23-21(24,25)17-3-1-2-16-15(11-19(22(26,27)28)30-20(16)17)10-13-4-6-14(7-5-13)18-12-29-8-9-31-18/h1-7,11,18,29H,8-10,12H2/t18-/m1/s1. The first-order valence-corrected chi connectivity index (χ1v) is 9.61. The molecule has 0 saturated carbocycles. The third kappa shape index (κ3) is 4.67. The van der Waals surface area contributed by atoms with Crippen LogP contribution in [0.25, 0.3) is 10.9 Å². The van der Waals surface area contributed by atoms with Gasteiger partial charge in [0.2, 0.25) is 0 Å². The Labute approximate surface area is 174 Å². The van der Waals surface area contributed by atoms with E-state index in [-0.39, 0.29) is 23.5 Å². The highest BCUT2D eigenvalue weighted by Gasteiger charge is 2.37. The van der Waals surface area contributed by atoms with Gasteiger partial charge < -0.3 is 10.1 Å². The third-order valence-electron chi connectivity index (χ3n) is 5.19. The fraction of sp³-hybridized carbons (Fsp3) is 0.318. The van der Waals surface area contributed by atoms with Crippen molar-refractivity contribution >= 4 is 10.9 Å². The van der Waals surface area contributed by atoms with E-state index in [1.54, 1.807) is 12.1 Å². The normalized spacial score (nSPS) is 17.8. The van der Waals surface area contributed by atoms with Gasteiger partial charge in [0, 0.05) is 18.5 Å². The fourth-order valence-electron chi connectivity index (χ4n) is 3.69. The monoisotopic (exact) mass is 440 g/mol. The van der Waals surface area contributed by atoms with Crippen molar-refractivity contribution in [2.45, 2.75) is 24.9 Å². The Bertz CT molecular complexity index is 1070. The molecule has 2 aromatic carbocycles. The number of hydrogen-bond acceptors (Lipinski definition) is 3. The van der Waals surface area contributed by atoms with Crippen molar-refractivity contribution in [3.8, 4) is 0 Å². The smallest absolute Gasteiger partial charge is 0.371 e. The van der Waals surface area contributed by atoms with Crippen LogP contribution >= 0.6 is 0 Å². The SMILES string of the molecule is FC(F)(F)c1cc(Cc2ccc([C@H]3CNCCO3)cc2)c2cccc(C(F)(F)F)c2n1. The Morgan fingerprint density at radius 3 is 2.32 bits per heavy atom. The van der Waals surface area contributed by atoms with Crippen molar-refractivity contribution in [3.05, 3.63) is 76.5 Å². The van der Waals surface area contributed by atoms with E-state index in [9.17, 15) is 26.3 Å². The Morgan fingerprint density at radius 2 is 1.71 bits per heavy atom. The average Bonchev–Trinajstić information content (AvgIpc) is 2.73. The molecule has 1 N–H and O–H groups in total. The van der Waals surface area contributed by atoms with Crippen LogP contribution in [-0.4, -0.2) is 24.7 Å². The van der Waals surface area contributed by atoms with Crippen LogP contribution in [0, 0.1) is 0 Å². The molecule has 1 fully saturated rings. The Kier molecular flexibility index (Phi) is 5.65. The minimum atomic E-state index is -4.86. The second kappa shape index (κ2) is 8.12. The molecule has 164 valence electrons. The number of alkyl halides is 6. The summed E-state index contributed by atoms with van der Waals surface area (Å²) in [4.78, 5) is 3.32. The van der Waals surface area contributed by atoms with Gasteiger partial charge in [0.25, 0.3) is 0 Å².